The van der Waals surface area contributed by atoms with E-state index in [1.165, 1.54) is 0 Å². The third-order valence-corrected chi connectivity index (χ3v) is 3.83. The van der Waals surface area contributed by atoms with Crippen molar-refractivity contribution >= 4 is 11.6 Å². The van der Waals surface area contributed by atoms with Crippen LogP contribution in [0, 0.1) is 20.8 Å². The van der Waals surface area contributed by atoms with E-state index in [0.29, 0.717) is 12.5 Å². The van der Waals surface area contributed by atoms with E-state index in [4.69, 9.17) is 21.1 Å². The van der Waals surface area contributed by atoms with E-state index in [-0.39, 0.29) is 0 Å². The number of ether oxygens (including phenoxy) is 2. The van der Waals surface area contributed by atoms with Gasteiger partial charge in [0.05, 0.1) is 18.7 Å². The van der Waals surface area contributed by atoms with Gasteiger partial charge in [-0.25, -0.2) is 0 Å². The molecule has 0 saturated carbocycles. The molecular weight excluding hydrogens is 286 g/mol. The molecule has 0 aliphatic carbocycles. The zero-order valence-corrected chi connectivity index (χ0v) is 13.6. The van der Waals surface area contributed by atoms with Gasteiger partial charge in [-0.2, -0.15) is 0 Å². The van der Waals surface area contributed by atoms with Crippen LogP contribution in [0.25, 0.3) is 0 Å². The van der Waals surface area contributed by atoms with Crippen LogP contribution in [-0.4, -0.2) is 12.1 Å². The third-order valence-electron chi connectivity index (χ3n) is 3.54. The number of aromatic nitrogens is 1. The number of pyridine rings is 1. The lowest BCUT2D eigenvalue weighted by Gasteiger charge is -2.15. The zero-order valence-electron chi connectivity index (χ0n) is 12.9. The molecule has 2 rings (SSSR count). The van der Waals surface area contributed by atoms with Gasteiger partial charge in [-0.3, -0.25) is 4.98 Å². The Morgan fingerprint density at radius 1 is 1.10 bits per heavy atom. The molecule has 0 aliphatic heterocycles. The summed E-state index contributed by atoms with van der Waals surface area (Å²) in [5.74, 6) is 2.14. The predicted molar refractivity (Wildman–Crippen MR) is 85.3 cm³/mol. The largest absolute Gasteiger partial charge is 0.496 e. The fourth-order valence-electron chi connectivity index (χ4n) is 2.38. The number of nitrogens with zero attached hydrogens (tertiary/aromatic N) is 1. The molecule has 1 aromatic heterocycles. The van der Waals surface area contributed by atoms with Crippen LogP contribution in [0.4, 0.5) is 0 Å². The van der Waals surface area contributed by atoms with Gasteiger partial charge >= 0.3 is 0 Å². The molecule has 1 aromatic carbocycles. The minimum absolute atomic E-state index is 0.400. The van der Waals surface area contributed by atoms with Gasteiger partial charge in [-0.15, -0.1) is 11.6 Å². The highest BCUT2D eigenvalue weighted by Crippen LogP contribution is 2.28. The molecule has 0 bridgehead atoms. The molecule has 0 fully saturated rings. The van der Waals surface area contributed by atoms with E-state index in [0.717, 1.165) is 39.4 Å². The standard InChI is InChI=1S/C17H20ClNO2/c1-11-6-5-7-14(8-18)17(11)21-10-15-13(3)16(20-4)12(2)9-19-15/h5-7,9H,8,10H2,1-4H3. The fourth-order valence-corrected chi connectivity index (χ4v) is 2.59. The quantitative estimate of drug-likeness (QED) is 0.770. The second kappa shape index (κ2) is 6.81. The molecule has 2 aromatic rings. The van der Waals surface area contributed by atoms with Crippen molar-refractivity contribution in [1.82, 2.24) is 4.98 Å². The molecule has 3 nitrogen and oxygen atoms in total. The molecule has 0 unspecified atom stereocenters. The second-order valence-corrected chi connectivity index (χ2v) is 5.30. The highest BCUT2D eigenvalue weighted by Gasteiger charge is 2.12. The first-order valence-corrected chi connectivity index (χ1v) is 7.38. The molecule has 0 spiro atoms. The molecule has 0 atom stereocenters. The molecule has 0 aliphatic rings. The van der Waals surface area contributed by atoms with Crippen molar-refractivity contribution in [2.24, 2.45) is 0 Å². The topological polar surface area (TPSA) is 31.4 Å². The molecule has 4 heteroatoms. The average molecular weight is 306 g/mol. The maximum Gasteiger partial charge on any atom is 0.131 e. The molecule has 0 N–H and O–H groups in total. The van der Waals surface area contributed by atoms with E-state index >= 15 is 0 Å². The summed E-state index contributed by atoms with van der Waals surface area (Å²) in [6, 6.07) is 5.98. The van der Waals surface area contributed by atoms with E-state index in [1.807, 2.05) is 45.2 Å². The van der Waals surface area contributed by atoms with Crippen molar-refractivity contribution in [3.05, 3.63) is 52.3 Å². The van der Waals surface area contributed by atoms with Gasteiger partial charge in [0, 0.05) is 22.9 Å². The summed E-state index contributed by atoms with van der Waals surface area (Å²) in [7, 11) is 1.67. The first kappa shape index (κ1) is 15.6. The van der Waals surface area contributed by atoms with Crippen molar-refractivity contribution in [3.8, 4) is 11.5 Å². The average Bonchev–Trinajstić information content (AvgIpc) is 2.48. The van der Waals surface area contributed by atoms with Gasteiger partial charge in [0.15, 0.2) is 0 Å². The van der Waals surface area contributed by atoms with E-state index in [2.05, 4.69) is 4.98 Å². The number of aryl methyl sites for hydroxylation is 2. The van der Waals surface area contributed by atoms with Crippen LogP contribution in [0.15, 0.2) is 24.4 Å². The van der Waals surface area contributed by atoms with Crippen LogP contribution in [-0.2, 0) is 12.5 Å². The fraction of sp³-hybridized carbons (Fsp3) is 0.353. The first-order valence-electron chi connectivity index (χ1n) is 6.84. The van der Waals surface area contributed by atoms with Crippen molar-refractivity contribution in [2.45, 2.75) is 33.3 Å². The lowest BCUT2D eigenvalue weighted by Crippen LogP contribution is -2.05. The molecule has 1 heterocycles. The summed E-state index contributed by atoms with van der Waals surface area (Å²) in [4.78, 5) is 4.45. The summed E-state index contributed by atoms with van der Waals surface area (Å²) in [6.07, 6.45) is 1.81. The van der Waals surface area contributed by atoms with Gasteiger partial charge < -0.3 is 9.47 Å². The van der Waals surface area contributed by atoms with E-state index < -0.39 is 0 Å². The Kier molecular flexibility index (Phi) is 5.07. The predicted octanol–water partition coefficient (Wildman–Crippen LogP) is 4.33. The second-order valence-electron chi connectivity index (χ2n) is 5.03. The highest BCUT2D eigenvalue weighted by molar-refractivity contribution is 6.17. The van der Waals surface area contributed by atoms with Crippen LogP contribution < -0.4 is 9.47 Å². The summed E-state index contributed by atoms with van der Waals surface area (Å²) in [5, 5.41) is 0. The van der Waals surface area contributed by atoms with Crippen LogP contribution in [0.2, 0.25) is 0 Å². The summed E-state index contributed by atoms with van der Waals surface area (Å²) < 4.78 is 11.4. The Morgan fingerprint density at radius 2 is 1.86 bits per heavy atom. The van der Waals surface area contributed by atoms with Crippen LogP contribution in [0.1, 0.15) is 27.9 Å². The lowest BCUT2D eigenvalue weighted by molar-refractivity contribution is 0.294. The van der Waals surface area contributed by atoms with Crippen molar-refractivity contribution in [2.75, 3.05) is 7.11 Å². The van der Waals surface area contributed by atoms with E-state index in [9.17, 15) is 0 Å². The number of halogens is 1. The summed E-state index contributed by atoms with van der Waals surface area (Å²) >= 11 is 5.97. The first-order chi connectivity index (χ1) is 10.1. The SMILES string of the molecule is COc1c(C)cnc(COc2c(C)cccc2CCl)c1C. The summed E-state index contributed by atoms with van der Waals surface area (Å²) in [5.41, 5.74) is 4.98. The molecule has 0 saturated heterocycles. The monoisotopic (exact) mass is 305 g/mol. The van der Waals surface area contributed by atoms with Crippen LogP contribution >= 0.6 is 11.6 Å². The number of hydrogen-bond donors (Lipinski definition) is 0. The number of methoxy groups -OCH3 is 1. The Labute approximate surface area is 130 Å². The lowest BCUT2D eigenvalue weighted by atomic mass is 10.1. The Hall–Kier alpha value is -1.74. The Balaban J connectivity index is 2.25. The number of para-hydroxylation sites is 1. The van der Waals surface area contributed by atoms with Gasteiger partial charge in [0.2, 0.25) is 0 Å². The van der Waals surface area contributed by atoms with E-state index in [1.54, 1.807) is 7.11 Å². The van der Waals surface area contributed by atoms with Gasteiger partial charge in [-0.05, 0) is 26.3 Å². The number of rotatable bonds is 5. The van der Waals surface area contributed by atoms with Crippen LogP contribution in [0.3, 0.4) is 0 Å². The van der Waals surface area contributed by atoms with Crippen molar-refractivity contribution in [3.63, 3.8) is 0 Å². The minimum atomic E-state index is 0.400. The minimum Gasteiger partial charge on any atom is -0.496 e. The number of alkyl halides is 1. The Bertz CT molecular complexity index is 641. The maximum absolute atomic E-state index is 5.97. The molecular formula is C17H20ClNO2. The normalized spacial score (nSPS) is 10.5. The number of hydrogen-bond acceptors (Lipinski definition) is 3. The van der Waals surface area contributed by atoms with Crippen molar-refractivity contribution < 1.29 is 9.47 Å². The summed E-state index contributed by atoms with van der Waals surface area (Å²) in [6.45, 7) is 6.40. The van der Waals surface area contributed by atoms with Gasteiger partial charge in [-0.1, -0.05) is 18.2 Å². The van der Waals surface area contributed by atoms with Gasteiger partial charge in [0.1, 0.15) is 18.1 Å². The van der Waals surface area contributed by atoms with Crippen LogP contribution in [0.5, 0.6) is 11.5 Å². The highest BCUT2D eigenvalue weighted by atomic mass is 35.5. The Morgan fingerprint density at radius 3 is 2.52 bits per heavy atom. The molecule has 0 amide bonds. The van der Waals surface area contributed by atoms with Gasteiger partial charge in [0.25, 0.3) is 0 Å². The molecule has 0 radical (unpaired) electrons. The molecule has 112 valence electrons. The molecule has 21 heavy (non-hydrogen) atoms. The smallest absolute Gasteiger partial charge is 0.131 e. The zero-order chi connectivity index (χ0) is 15.4. The third kappa shape index (κ3) is 3.30. The maximum atomic E-state index is 5.97. The number of benzene rings is 1. The van der Waals surface area contributed by atoms with Crippen molar-refractivity contribution in [1.29, 1.82) is 0 Å².